The van der Waals surface area contributed by atoms with E-state index < -0.39 is 0 Å². The Bertz CT molecular complexity index is 443. The number of anilines is 1. The number of carbonyl (C=O) groups excluding carboxylic acids is 1. The Kier molecular flexibility index (Phi) is 5.31. The number of piperazine rings is 1. The maximum atomic E-state index is 11.5. The first-order chi connectivity index (χ1) is 9.69. The predicted molar refractivity (Wildman–Crippen MR) is 79.1 cm³/mol. The Morgan fingerprint density at radius 2 is 2.05 bits per heavy atom. The van der Waals surface area contributed by atoms with E-state index in [0.717, 1.165) is 38.3 Å². The number of hydrogen-bond donors (Lipinski definition) is 2. The fourth-order valence-electron chi connectivity index (χ4n) is 2.39. The molecular weight excluding hydrogens is 254 g/mol. The third-order valence-corrected chi connectivity index (χ3v) is 3.53. The Hall–Kier alpha value is -1.66. The molecule has 1 aliphatic rings. The Morgan fingerprint density at radius 1 is 1.35 bits per heavy atom. The maximum absolute atomic E-state index is 11.5. The van der Waals surface area contributed by atoms with E-state index in [1.165, 1.54) is 0 Å². The van der Waals surface area contributed by atoms with E-state index in [1.807, 2.05) is 19.1 Å². The summed E-state index contributed by atoms with van der Waals surface area (Å²) >= 11 is 0. The van der Waals surface area contributed by atoms with Crippen LogP contribution < -0.4 is 11.1 Å². The minimum absolute atomic E-state index is 0.109. The molecular formula is C14H23N5O. The molecule has 0 atom stereocenters. The van der Waals surface area contributed by atoms with Gasteiger partial charge in [0.1, 0.15) is 5.82 Å². The first kappa shape index (κ1) is 14.7. The molecule has 1 fully saturated rings. The summed E-state index contributed by atoms with van der Waals surface area (Å²) in [5.41, 5.74) is 6.94. The molecule has 1 aliphatic heterocycles. The fraction of sp³-hybridized carbons (Fsp3) is 0.571. The van der Waals surface area contributed by atoms with Crippen LogP contribution in [-0.4, -0.2) is 60.0 Å². The summed E-state index contributed by atoms with van der Waals surface area (Å²) in [6, 6.07) is 3.93. The average Bonchev–Trinajstić information content (AvgIpc) is 2.44. The number of aromatic nitrogens is 1. The van der Waals surface area contributed by atoms with Crippen molar-refractivity contribution in [1.29, 1.82) is 0 Å². The number of amides is 1. The summed E-state index contributed by atoms with van der Waals surface area (Å²) in [5.74, 6) is 0.717. The first-order valence-electron chi connectivity index (χ1n) is 7.10. The van der Waals surface area contributed by atoms with E-state index >= 15 is 0 Å². The molecule has 1 amide bonds. The van der Waals surface area contributed by atoms with Gasteiger partial charge in [-0.2, -0.15) is 0 Å². The summed E-state index contributed by atoms with van der Waals surface area (Å²) in [5, 5.41) is 2.83. The first-order valence-corrected chi connectivity index (χ1v) is 7.10. The quantitative estimate of drug-likeness (QED) is 0.787. The van der Waals surface area contributed by atoms with Crippen molar-refractivity contribution in [1.82, 2.24) is 20.1 Å². The second kappa shape index (κ2) is 7.21. The summed E-state index contributed by atoms with van der Waals surface area (Å²) in [7, 11) is 0. The molecule has 0 aromatic carbocycles. The van der Waals surface area contributed by atoms with Gasteiger partial charge in [-0.25, -0.2) is 4.98 Å². The molecule has 0 bridgehead atoms. The number of nitrogens with two attached hydrogens (primary N) is 1. The van der Waals surface area contributed by atoms with E-state index in [4.69, 9.17) is 5.73 Å². The van der Waals surface area contributed by atoms with Crippen molar-refractivity contribution in [3.05, 3.63) is 23.9 Å². The minimum atomic E-state index is 0.109. The van der Waals surface area contributed by atoms with Crippen LogP contribution >= 0.6 is 0 Å². The topological polar surface area (TPSA) is 74.5 Å². The molecule has 0 spiro atoms. The van der Waals surface area contributed by atoms with Crippen LogP contribution in [0.4, 0.5) is 5.82 Å². The molecule has 0 unspecified atom stereocenters. The van der Waals surface area contributed by atoms with E-state index in [9.17, 15) is 4.79 Å². The standard InChI is InChI=1S/C14H23N5O/c1-2-16-13(20)11-19-8-6-18(7-9-19)10-12-4-3-5-17-14(12)15/h3-5H,2,6-11H2,1H3,(H2,15,17)(H,16,20). The van der Waals surface area contributed by atoms with E-state index in [0.29, 0.717) is 18.9 Å². The predicted octanol–water partition coefficient (Wildman–Crippen LogP) is -0.0825. The lowest BCUT2D eigenvalue weighted by molar-refractivity contribution is -0.122. The zero-order valence-electron chi connectivity index (χ0n) is 12.0. The van der Waals surface area contributed by atoms with E-state index in [2.05, 4.69) is 20.1 Å². The lowest BCUT2D eigenvalue weighted by Crippen LogP contribution is -2.49. The Labute approximate surface area is 120 Å². The van der Waals surface area contributed by atoms with Crippen molar-refractivity contribution < 1.29 is 4.79 Å². The van der Waals surface area contributed by atoms with Crippen LogP contribution in [0.15, 0.2) is 18.3 Å². The molecule has 3 N–H and O–H groups in total. The molecule has 0 radical (unpaired) electrons. The van der Waals surface area contributed by atoms with Crippen LogP contribution in [0.25, 0.3) is 0 Å². The molecule has 110 valence electrons. The summed E-state index contributed by atoms with van der Waals surface area (Å²) in [6.07, 6.45) is 1.71. The number of nitrogen functional groups attached to an aromatic ring is 1. The Balaban J connectivity index is 1.77. The van der Waals surface area contributed by atoms with Crippen LogP contribution in [-0.2, 0) is 11.3 Å². The van der Waals surface area contributed by atoms with Crippen LogP contribution in [0.2, 0.25) is 0 Å². The third kappa shape index (κ3) is 4.18. The normalized spacial score (nSPS) is 17.1. The van der Waals surface area contributed by atoms with Gasteiger partial charge in [-0.05, 0) is 13.0 Å². The molecule has 2 heterocycles. The van der Waals surface area contributed by atoms with Gasteiger partial charge < -0.3 is 11.1 Å². The smallest absolute Gasteiger partial charge is 0.234 e. The van der Waals surface area contributed by atoms with Crippen molar-refractivity contribution in [2.24, 2.45) is 0 Å². The number of carbonyl (C=O) groups is 1. The van der Waals surface area contributed by atoms with E-state index in [-0.39, 0.29) is 5.91 Å². The third-order valence-electron chi connectivity index (χ3n) is 3.53. The number of nitrogens with one attached hydrogen (secondary N) is 1. The molecule has 2 rings (SSSR count). The molecule has 1 aromatic heterocycles. The van der Waals surface area contributed by atoms with Gasteiger partial charge >= 0.3 is 0 Å². The van der Waals surface area contributed by atoms with Crippen LogP contribution in [0.3, 0.4) is 0 Å². The highest BCUT2D eigenvalue weighted by Gasteiger charge is 2.19. The zero-order valence-corrected chi connectivity index (χ0v) is 12.0. The van der Waals surface area contributed by atoms with E-state index in [1.54, 1.807) is 6.20 Å². The highest BCUT2D eigenvalue weighted by molar-refractivity contribution is 5.77. The number of nitrogens with zero attached hydrogens (tertiary/aromatic N) is 3. The van der Waals surface area contributed by atoms with Gasteiger partial charge in [0.05, 0.1) is 6.54 Å². The summed E-state index contributed by atoms with van der Waals surface area (Å²) in [6.45, 7) is 7.69. The zero-order chi connectivity index (χ0) is 14.4. The van der Waals surface area contributed by atoms with Gasteiger partial charge in [0.25, 0.3) is 0 Å². The van der Waals surface area contributed by atoms with Crippen molar-refractivity contribution in [3.63, 3.8) is 0 Å². The van der Waals surface area contributed by atoms with Gasteiger partial charge in [-0.3, -0.25) is 14.6 Å². The highest BCUT2D eigenvalue weighted by atomic mass is 16.2. The van der Waals surface area contributed by atoms with Gasteiger partial charge in [0, 0.05) is 51.0 Å². The summed E-state index contributed by atoms with van der Waals surface area (Å²) < 4.78 is 0. The largest absolute Gasteiger partial charge is 0.383 e. The van der Waals surface area contributed by atoms with Gasteiger partial charge in [-0.1, -0.05) is 6.07 Å². The lowest BCUT2D eigenvalue weighted by Gasteiger charge is -2.34. The molecule has 6 nitrogen and oxygen atoms in total. The number of likely N-dealkylation sites (N-methyl/N-ethyl adjacent to an activating group) is 1. The molecule has 0 aliphatic carbocycles. The van der Waals surface area contributed by atoms with Gasteiger partial charge in [0.15, 0.2) is 0 Å². The number of hydrogen-bond acceptors (Lipinski definition) is 5. The SMILES string of the molecule is CCNC(=O)CN1CCN(Cc2cccnc2N)CC1. The average molecular weight is 277 g/mol. The van der Waals surface area contributed by atoms with Crippen molar-refractivity contribution in [2.45, 2.75) is 13.5 Å². The monoisotopic (exact) mass is 277 g/mol. The van der Waals surface area contributed by atoms with Crippen molar-refractivity contribution in [2.75, 3.05) is 45.0 Å². The van der Waals surface area contributed by atoms with Crippen molar-refractivity contribution >= 4 is 11.7 Å². The van der Waals surface area contributed by atoms with Crippen LogP contribution in [0.1, 0.15) is 12.5 Å². The Morgan fingerprint density at radius 3 is 2.70 bits per heavy atom. The highest BCUT2D eigenvalue weighted by Crippen LogP contribution is 2.12. The number of pyridine rings is 1. The van der Waals surface area contributed by atoms with Crippen LogP contribution in [0, 0.1) is 0 Å². The van der Waals surface area contributed by atoms with Crippen molar-refractivity contribution in [3.8, 4) is 0 Å². The lowest BCUT2D eigenvalue weighted by atomic mass is 10.2. The van der Waals surface area contributed by atoms with Crippen LogP contribution in [0.5, 0.6) is 0 Å². The maximum Gasteiger partial charge on any atom is 0.234 e. The molecule has 20 heavy (non-hydrogen) atoms. The van der Waals surface area contributed by atoms with Gasteiger partial charge in [0.2, 0.25) is 5.91 Å². The summed E-state index contributed by atoms with van der Waals surface area (Å²) in [4.78, 5) is 20.2. The molecule has 0 saturated carbocycles. The van der Waals surface area contributed by atoms with Gasteiger partial charge in [-0.15, -0.1) is 0 Å². The fourth-order valence-corrected chi connectivity index (χ4v) is 2.39. The number of rotatable bonds is 5. The molecule has 1 aromatic rings. The molecule has 6 heteroatoms. The second-order valence-corrected chi connectivity index (χ2v) is 5.05. The minimum Gasteiger partial charge on any atom is -0.383 e. The molecule has 1 saturated heterocycles. The second-order valence-electron chi connectivity index (χ2n) is 5.05.